The smallest absolute Gasteiger partial charge is 0.238 e. The van der Waals surface area contributed by atoms with Gasteiger partial charge in [0.15, 0.2) is 0 Å². The number of benzene rings is 2. The van der Waals surface area contributed by atoms with Crippen molar-refractivity contribution in [2.24, 2.45) is 5.92 Å². The molecule has 122 valence electrons. The molecule has 2 N–H and O–H groups in total. The van der Waals surface area contributed by atoms with Crippen LogP contribution in [0.2, 0.25) is 0 Å². The van der Waals surface area contributed by atoms with Crippen LogP contribution in [0.25, 0.3) is 0 Å². The van der Waals surface area contributed by atoms with Crippen LogP contribution in [-0.4, -0.2) is 12.5 Å². The zero-order valence-electron chi connectivity index (χ0n) is 13.8. The van der Waals surface area contributed by atoms with E-state index in [2.05, 4.69) is 24.5 Å². The van der Waals surface area contributed by atoms with Crippen molar-refractivity contribution in [3.63, 3.8) is 0 Å². The van der Waals surface area contributed by atoms with Crippen LogP contribution >= 0.6 is 0 Å². The molecule has 23 heavy (non-hydrogen) atoms. The average molecular weight is 314 g/mol. The molecule has 0 radical (unpaired) electrons. The highest BCUT2D eigenvalue weighted by molar-refractivity contribution is 5.92. The number of hydrogen-bond acceptors (Lipinski definition) is 2. The maximum atomic E-state index is 13.8. The van der Waals surface area contributed by atoms with Gasteiger partial charge < -0.3 is 10.6 Å². The minimum absolute atomic E-state index is 0.0739. The summed E-state index contributed by atoms with van der Waals surface area (Å²) >= 11 is 0. The molecular formula is C19H23FN2O. The monoisotopic (exact) mass is 314 g/mol. The minimum Gasteiger partial charge on any atom is -0.322 e. The Morgan fingerprint density at radius 1 is 1.13 bits per heavy atom. The summed E-state index contributed by atoms with van der Waals surface area (Å²) in [7, 11) is 0. The van der Waals surface area contributed by atoms with E-state index in [0.717, 1.165) is 11.1 Å². The van der Waals surface area contributed by atoms with E-state index >= 15 is 0 Å². The molecule has 2 rings (SSSR count). The normalized spacial score (nSPS) is 12.2. The summed E-state index contributed by atoms with van der Waals surface area (Å²) in [5.41, 5.74) is 2.17. The summed E-state index contributed by atoms with van der Waals surface area (Å²) in [5, 5.41) is 5.86. The van der Waals surface area contributed by atoms with Crippen molar-refractivity contribution in [1.82, 2.24) is 5.32 Å². The topological polar surface area (TPSA) is 41.1 Å². The van der Waals surface area contributed by atoms with Crippen LogP contribution in [0, 0.1) is 18.7 Å². The van der Waals surface area contributed by atoms with E-state index in [0.29, 0.717) is 5.92 Å². The van der Waals surface area contributed by atoms with Crippen LogP contribution in [0.3, 0.4) is 0 Å². The summed E-state index contributed by atoms with van der Waals surface area (Å²) in [5.74, 6) is -0.336. The van der Waals surface area contributed by atoms with Crippen LogP contribution in [0.5, 0.6) is 0 Å². The number of halogens is 1. The fourth-order valence-corrected chi connectivity index (χ4v) is 2.52. The van der Waals surface area contributed by atoms with Gasteiger partial charge in [0.05, 0.1) is 12.2 Å². The zero-order valence-corrected chi connectivity index (χ0v) is 13.8. The molecule has 0 unspecified atom stereocenters. The van der Waals surface area contributed by atoms with Gasteiger partial charge >= 0.3 is 0 Å². The van der Waals surface area contributed by atoms with Gasteiger partial charge in [-0.15, -0.1) is 0 Å². The highest BCUT2D eigenvalue weighted by Gasteiger charge is 2.16. The van der Waals surface area contributed by atoms with Gasteiger partial charge in [-0.2, -0.15) is 0 Å². The van der Waals surface area contributed by atoms with E-state index in [-0.39, 0.29) is 24.2 Å². The Balaban J connectivity index is 1.97. The Morgan fingerprint density at radius 3 is 2.43 bits per heavy atom. The molecule has 0 fully saturated rings. The lowest BCUT2D eigenvalue weighted by Crippen LogP contribution is -2.33. The molecule has 0 aliphatic carbocycles. The molecule has 0 spiro atoms. The van der Waals surface area contributed by atoms with E-state index in [1.807, 2.05) is 37.3 Å². The molecule has 0 bridgehead atoms. The van der Waals surface area contributed by atoms with Crippen molar-refractivity contribution in [1.29, 1.82) is 0 Å². The number of carbonyl (C=O) groups is 1. The lowest BCUT2D eigenvalue weighted by atomic mass is 9.96. The number of carbonyl (C=O) groups excluding carboxylic acids is 1. The third-order valence-electron chi connectivity index (χ3n) is 3.71. The van der Waals surface area contributed by atoms with Crippen molar-refractivity contribution in [3.8, 4) is 0 Å². The first-order valence-electron chi connectivity index (χ1n) is 7.81. The van der Waals surface area contributed by atoms with Gasteiger partial charge in [-0.25, -0.2) is 4.39 Å². The Kier molecular flexibility index (Phi) is 5.88. The predicted molar refractivity (Wildman–Crippen MR) is 91.8 cm³/mol. The average Bonchev–Trinajstić information content (AvgIpc) is 2.51. The zero-order chi connectivity index (χ0) is 16.8. The first-order valence-corrected chi connectivity index (χ1v) is 7.81. The van der Waals surface area contributed by atoms with Gasteiger partial charge in [0.25, 0.3) is 0 Å². The molecule has 0 aliphatic rings. The molecule has 0 aromatic heterocycles. The quantitative estimate of drug-likeness (QED) is 0.844. The highest BCUT2D eigenvalue weighted by atomic mass is 19.1. The largest absolute Gasteiger partial charge is 0.322 e. The van der Waals surface area contributed by atoms with Crippen LogP contribution in [0.4, 0.5) is 10.1 Å². The number of nitrogens with one attached hydrogen (secondary N) is 2. The molecule has 0 saturated carbocycles. The lowest BCUT2D eigenvalue weighted by molar-refractivity contribution is -0.115. The van der Waals surface area contributed by atoms with Crippen molar-refractivity contribution in [2.75, 3.05) is 11.9 Å². The number of aryl methyl sites for hydroxylation is 1. The lowest BCUT2D eigenvalue weighted by Gasteiger charge is -2.22. The summed E-state index contributed by atoms with van der Waals surface area (Å²) in [4.78, 5) is 12.1. The fraction of sp³-hybridized carbons (Fsp3) is 0.316. The summed E-state index contributed by atoms with van der Waals surface area (Å²) < 4.78 is 13.8. The fourth-order valence-electron chi connectivity index (χ4n) is 2.52. The van der Waals surface area contributed by atoms with Crippen LogP contribution in [0.15, 0.2) is 48.5 Å². The molecule has 0 heterocycles. The second-order valence-corrected chi connectivity index (χ2v) is 6.04. The maximum Gasteiger partial charge on any atom is 0.238 e. The van der Waals surface area contributed by atoms with E-state index in [9.17, 15) is 9.18 Å². The predicted octanol–water partition coefficient (Wildman–Crippen LogP) is 4.06. The maximum absolute atomic E-state index is 13.8. The SMILES string of the molecule is Cc1ccc(NC(=O)CN[C@@H](c2ccccc2)C(C)C)c(F)c1. The molecule has 1 atom stereocenters. The summed E-state index contributed by atoms with van der Waals surface area (Å²) in [6.45, 7) is 6.14. The third-order valence-corrected chi connectivity index (χ3v) is 3.71. The van der Waals surface area contributed by atoms with E-state index in [4.69, 9.17) is 0 Å². The molecule has 2 aromatic carbocycles. The summed E-state index contributed by atoms with van der Waals surface area (Å²) in [6, 6.07) is 14.8. The van der Waals surface area contributed by atoms with Crippen LogP contribution < -0.4 is 10.6 Å². The van der Waals surface area contributed by atoms with Gasteiger partial charge in [-0.3, -0.25) is 4.79 Å². The van der Waals surface area contributed by atoms with Gasteiger partial charge in [0, 0.05) is 6.04 Å². The van der Waals surface area contributed by atoms with Gasteiger partial charge in [0.1, 0.15) is 5.82 Å². The van der Waals surface area contributed by atoms with Gasteiger partial charge in [0.2, 0.25) is 5.91 Å². The molecule has 1 amide bonds. The minimum atomic E-state index is -0.415. The van der Waals surface area contributed by atoms with Crippen molar-refractivity contribution < 1.29 is 9.18 Å². The van der Waals surface area contributed by atoms with Crippen molar-refractivity contribution in [3.05, 3.63) is 65.5 Å². The second-order valence-electron chi connectivity index (χ2n) is 6.04. The van der Waals surface area contributed by atoms with E-state index in [1.54, 1.807) is 12.1 Å². The number of hydrogen-bond donors (Lipinski definition) is 2. The van der Waals surface area contributed by atoms with E-state index < -0.39 is 5.82 Å². The molecular weight excluding hydrogens is 291 g/mol. The Labute approximate surface area is 136 Å². The number of anilines is 1. The van der Waals surface area contributed by atoms with Gasteiger partial charge in [-0.05, 0) is 36.1 Å². The summed E-state index contributed by atoms with van der Waals surface area (Å²) in [6.07, 6.45) is 0. The highest BCUT2D eigenvalue weighted by Crippen LogP contribution is 2.21. The van der Waals surface area contributed by atoms with E-state index in [1.165, 1.54) is 6.07 Å². The molecule has 2 aromatic rings. The van der Waals surface area contributed by atoms with Crippen LogP contribution in [-0.2, 0) is 4.79 Å². The standard InChI is InChI=1S/C19H23FN2O/c1-13(2)19(15-7-5-4-6-8-15)21-12-18(23)22-17-10-9-14(3)11-16(17)20/h4-11,13,19,21H,12H2,1-3H3,(H,22,23)/t19-/m1/s1. The molecule has 0 aliphatic heterocycles. The molecule has 0 saturated heterocycles. The Morgan fingerprint density at radius 2 is 1.83 bits per heavy atom. The first-order chi connectivity index (χ1) is 11.0. The second kappa shape index (κ2) is 7.88. The molecule has 4 heteroatoms. The first kappa shape index (κ1) is 17.2. The van der Waals surface area contributed by atoms with Crippen LogP contribution in [0.1, 0.15) is 31.0 Å². The van der Waals surface area contributed by atoms with Crippen molar-refractivity contribution >= 4 is 11.6 Å². The Hall–Kier alpha value is -2.20. The van der Waals surface area contributed by atoms with Crippen molar-refractivity contribution in [2.45, 2.75) is 26.8 Å². The number of rotatable bonds is 6. The van der Waals surface area contributed by atoms with Gasteiger partial charge in [-0.1, -0.05) is 50.2 Å². The number of amides is 1. The Bertz CT molecular complexity index is 656. The molecule has 3 nitrogen and oxygen atoms in total. The third kappa shape index (κ3) is 4.89.